The van der Waals surface area contributed by atoms with Gasteiger partial charge < -0.3 is 5.11 Å². The molecule has 2 rings (SSSR count). The first-order chi connectivity index (χ1) is 10.2. The van der Waals surface area contributed by atoms with E-state index in [2.05, 4.69) is 43.0 Å². The fourth-order valence-corrected chi connectivity index (χ4v) is 3.46. The predicted molar refractivity (Wildman–Crippen MR) is 89.5 cm³/mol. The molecule has 0 bridgehead atoms. The Balaban J connectivity index is 1.96. The van der Waals surface area contributed by atoms with Crippen LogP contribution in [0.5, 0.6) is 0 Å². The molecule has 0 amide bonds. The van der Waals surface area contributed by atoms with Gasteiger partial charge in [-0.2, -0.15) is 0 Å². The zero-order valence-electron chi connectivity index (χ0n) is 13.7. The van der Waals surface area contributed by atoms with Gasteiger partial charge in [-0.25, -0.2) is 0 Å². The Kier molecular flexibility index (Phi) is 6.72. The molecule has 2 heteroatoms. The summed E-state index contributed by atoms with van der Waals surface area (Å²) < 4.78 is 0. The van der Waals surface area contributed by atoms with Crippen molar-refractivity contribution in [3.63, 3.8) is 0 Å². The number of aryl methyl sites for hydroxylation is 1. The van der Waals surface area contributed by atoms with Gasteiger partial charge in [0.2, 0.25) is 0 Å². The summed E-state index contributed by atoms with van der Waals surface area (Å²) >= 11 is 0. The van der Waals surface area contributed by atoms with Crippen molar-refractivity contribution in [1.29, 1.82) is 0 Å². The molecule has 1 aliphatic heterocycles. The number of nitrogens with zero attached hydrogens (tertiary/aromatic N) is 1. The molecule has 1 heterocycles. The van der Waals surface area contributed by atoms with E-state index in [0.717, 1.165) is 25.1 Å². The molecule has 2 nitrogen and oxygen atoms in total. The van der Waals surface area contributed by atoms with Crippen molar-refractivity contribution in [2.75, 3.05) is 13.1 Å². The topological polar surface area (TPSA) is 23.5 Å². The lowest BCUT2D eigenvalue weighted by molar-refractivity contribution is 0.0865. The van der Waals surface area contributed by atoms with Crippen LogP contribution in [0.15, 0.2) is 24.3 Å². The number of likely N-dealkylation sites (tertiary alicyclic amines) is 1. The Morgan fingerprint density at radius 3 is 2.57 bits per heavy atom. The Bertz CT molecular complexity index is 401. The number of benzene rings is 1. The molecular weight excluding hydrogens is 258 g/mol. The molecule has 1 fully saturated rings. The molecule has 0 saturated carbocycles. The van der Waals surface area contributed by atoms with Crippen molar-refractivity contribution in [3.05, 3.63) is 35.4 Å². The van der Waals surface area contributed by atoms with E-state index >= 15 is 0 Å². The maximum Gasteiger partial charge on any atom is 0.0917 e. The number of hydrogen-bond acceptors (Lipinski definition) is 2. The van der Waals surface area contributed by atoms with Crippen LogP contribution in [0.2, 0.25) is 0 Å². The summed E-state index contributed by atoms with van der Waals surface area (Å²) in [4.78, 5) is 2.51. The van der Waals surface area contributed by atoms with E-state index in [4.69, 9.17) is 0 Å². The van der Waals surface area contributed by atoms with E-state index in [0.29, 0.717) is 6.04 Å². The smallest absolute Gasteiger partial charge is 0.0917 e. The summed E-state index contributed by atoms with van der Waals surface area (Å²) in [5.74, 6) is 0. The average Bonchev–Trinajstić information content (AvgIpc) is 2.73. The molecule has 1 aliphatic rings. The summed E-state index contributed by atoms with van der Waals surface area (Å²) in [5, 5.41) is 10.6. The van der Waals surface area contributed by atoms with Gasteiger partial charge >= 0.3 is 0 Å². The third-order valence-electron chi connectivity index (χ3n) is 4.78. The fraction of sp³-hybridized carbons (Fsp3) is 0.684. The van der Waals surface area contributed by atoms with Gasteiger partial charge in [-0.05, 0) is 43.4 Å². The quantitative estimate of drug-likeness (QED) is 0.842. The molecular formula is C19H31NO. The summed E-state index contributed by atoms with van der Waals surface area (Å²) in [6.45, 7) is 6.40. The molecule has 2 unspecified atom stereocenters. The first kappa shape index (κ1) is 16.5. The summed E-state index contributed by atoms with van der Waals surface area (Å²) in [6, 6.07) is 9.20. The molecule has 1 aromatic rings. The molecule has 1 aromatic carbocycles. The van der Waals surface area contributed by atoms with Crippen LogP contribution in [0.4, 0.5) is 0 Å². The van der Waals surface area contributed by atoms with Crippen molar-refractivity contribution in [2.24, 2.45) is 0 Å². The minimum absolute atomic E-state index is 0.354. The Labute approximate surface area is 130 Å². The third-order valence-corrected chi connectivity index (χ3v) is 4.78. The van der Waals surface area contributed by atoms with Crippen LogP contribution < -0.4 is 0 Å². The monoisotopic (exact) mass is 289 g/mol. The fourth-order valence-electron chi connectivity index (χ4n) is 3.46. The van der Waals surface area contributed by atoms with Crippen LogP contribution in [0, 0.1) is 0 Å². The maximum absolute atomic E-state index is 10.6. The van der Waals surface area contributed by atoms with Crippen molar-refractivity contribution >= 4 is 0 Å². The van der Waals surface area contributed by atoms with E-state index in [1.54, 1.807) is 0 Å². The minimum Gasteiger partial charge on any atom is -0.387 e. The van der Waals surface area contributed by atoms with E-state index in [1.165, 1.54) is 44.1 Å². The number of β-amino-alcohol motifs (C(OH)–C–C–N with tert-alkyl or cyclic N) is 1. The number of hydrogen-bond donors (Lipinski definition) is 1. The van der Waals surface area contributed by atoms with Crippen LogP contribution in [0.3, 0.4) is 0 Å². The highest BCUT2D eigenvalue weighted by Gasteiger charge is 2.22. The maximum atomic E-state index is 10.6. The van der Waals surface area contributed by atoms with E-state index < -0.39 is 0 Å². The molecule has 0 radical (unpaired) electrons. The van der Waals surface area contributed by atoms with Gasteiger partial charge in [-0.1, -0.05) is 57.4 Å². The van der Waals surface area contributed by atoms with Crippen molar-refractivity contribution in [2.45, 2.75) is 70.9 Å². The SMILES string of the molecule is CCCc1ccc(C(O)CN2CCCCCC2CC)cc1. The van der Waals surface area contributed by atoms with Crippen LogP contribution in [-0.4, -0.2) is 29.1 Å². The van der Waals surface area contributed by atoms with Crippen molar-refractivity contribution < 1.29 is 5.11 Å². The highest BCUT2D eigenvalue weighted by molar-refractivity contribution is 5.24. The van der Waals surface area contributed by atoms with Crippen LogP contribution in [0.1, 0.15) is 69.6 Å². The summed E-state index contributed by atoms with van der Waals surface area (Å²) in [6.07, 6.45) is 8.40. The number of rotatable bonds is 6. The van der Waals surface area contributed by atoms with Gasteiger partial charge in [-0.3, -0.25) is 4.90 Å². The summed E-state index contributed by atoms with van der Waals surface area (Å²) in [5.41, 5.74) is 2.43. The number of aliphatic hydroxyl groups excluding tert-OH is 1. The molecule has 1 N–H and O–H groups in total. The van der Waals surface area contributed by atoms with Crippen molar-refractivity contribution in [1.82, 2.24) is 4.90 Å². The van der Waals surface area contributed by atoms with Crippen LogP contribution in [0.25, 0.3) is 0 Å². The van der Waals surface area contributed by atoms with Gasteiger partial charge in [0, 0.05) is 12.6 Å². The van der Waals surface area contributed by atoms with E-state index in [-0.39, 0.29) is 6.10 Å². The average molecular weight is 289 g/mol. The van der Waals surface area contributed by atoms with Gasteiger partial charge in [0.25, 0.3) is 0 Å². The van der Waals surface area contributed by atoms with Gasteiger partial charge in [0.05, 0.1) is 6.10 Å². The molecule has 0 spiro atoms. The minimum atomic E-state index is -0.354. The van der Waals surface area contributed by atoms with Gasteiger partial charge in [0.15, 0.2) is 0 Å². The number of aliphatic hydroxyl groups is 1. The lowest BCUT2D eigenvalue weighted by Gasteiger charge is -2.31. The second-order valence-electron chi connectivity index (χ2n) is 6.41. The lowest BCUT2D eigenvalue weighted by Crippen LogP contribution is -2.37. The molecule has 0 aromatic heterocycles. The Morgan fingerprint density at radius 1 is 1.14 bits per heavy atom. The molecule has 21 heavy (non-hydrogen) atoms. The van der Waals surface area contributed by atoms with Gasteiger partial charge in [0.1, 0.15) is 0 Å². The normalized spacial score (nSPS) is 22.0. The lowest BCUT2D eigenvalue weighted by atomic mass is 10.0. The predicted octanol–water partition coefficient (Wildman–Crippen LogP) is 4.33. The Morgan fingerprint density at radius 2 is 1.90 bits per heavy atom. The molecule has 118 valence electrons. The van der Waals surface area contributed by atoms with Crippen LogP contribution >= 0.6 is 0 Å². The van der Waals surface area contributed by atoms with Gasteiger partial charge in [-0.15, -0.1) is 0 Å². The second-order valence-corrected chi connectivity index (χ2v) is 6.41. The molecule has 0 aliphatic carbocycles. The largest absolute Gasteiger partial charge is 0.387 e. The first-order valence-corrected chi connectivity index (χ1v) is 8.75. The highest BCUT2D eigenvalue weighted by atomic mass is 16.3. The Hall–Kier alpha value is -0.860. The zero-order valence-corrected chi connectivity index (χ0v) is 13.7. The first-order valence-electron chi connectivity index (χ1n) is 8.75. The van der Waals surface area contributed by atoms with Crippen LogP contribution in [-0.2, 0) is 6.42 Å². The molecule has 1 saturated heterocycles. The highest BCUT2D eigenvalue weighted by Crippen LogP contribution is 2.23. The second kappa shape index (κ2) is 8.55. The molecule has 2 atom stereocenters. The van der Waals surface area contributed by atoms with E-state index in [9.17, 15) is 5.11 Å². The zero-order chi connectivity index (χ0) is 15.1. The summed E-state index contributed by atoms with van der Waals surface area (Å²) in [7, 11) is 0. The van der Waals surface area contributed by atoms with E-state index in [1.807, 2.05) is 0 Å². The third kappa shape index (κ3) is 4.82. The standard InChI is InChI=1S/C19H31NO/c1-3-8-16-10-12-17(13-11-16)19(21)15-20-14-7-5-6-9-18(20)4-2/h10-13,18-19,21H,3-9,14-15H2,1-2H3. The van der Waals surface area contributed by atoms with Crippen molar-refractivity contribution in [3.8, 4) is 0 Å².